The molecule has 0 bridgehead atoms. The predicted molar refractivity (Wildman–Crippen MR) is 104 cm³/mol. The Bertz CT molecular complexity index is 560. The second-order valence-corrected chi connectivity index (χ2v) is 7.79. The number of morpholine rings is 1. The van der Waals surface area contributed by atoms with Crippen molar-refractivity contribution in [3.05, 3.63) is 35.9 Å². The first kappa shape index (κ1) is 19.3. The summed E-state index contributed by atoms with van der Waals surface area (Å²) >= 11 is 0. The van der Waals surface area contributed by atoms with Gasteiger partial charge in [-0.15, -0.1) is 0 Å². The standard InChI is InChI=1S/C21H33N3O2/c1-17-14-20(8-9-22-17)21(25)24(16-19-6-4-3-5-7-19)18(2)15-23-10-12-26-13-11-23/h3-7,17-18,20,22H,8-16H2,1-2H3/t17-,18?,20-/m0/s1. The molecule has 1 amide bonds. The second-order valence-electron chi connectivity index (χ2n) is 7.79. The van der Waals surface area contributed by atoms with Crippen LogP contribution < -0.4 is 5.32 Å². The van der Waals surface area contributed by atoms with Gasteiger partial charge in [0.05, 0.1) is 13.2 Å². The average Bonchev–Trinajstić information content (AvgIpc) is 2.67. The van der Waals surface area contributed by atoms with Crippen LogP contribution in [0.2, 0.25) is 0 Å². The molecule has 26 heavy (non-hydrogen) atoms. The monoisotopic (exact) mass is 359 g/mol. The quantitative estimate of drug-likeness (QED) is 0.845. The molecule has 0 aromatic heterocycles. The summed E-state index contributed by atoms with van der Waals surface area (Å²) in [5.74, 6) is 0.463. The Balaban J connectivity index is 1.70. The van der Waals surface area contributed by atoms with Crippen LogP contribution in [0.1, 0.15) is 32.3 Å². The van der Waals surface area contributed by atoms with Gasteiger partial charge < -0.3 is 15.0 Å². The van der Waals surface area contributed by atoms with E-state index in [4.69, 9.17) is 4.74 Å². The molecule has 2 aliphatic heterocycles. The highest BCUT2D eigenvalue weighted by Gasteiger charge is 2.31. The van der Waals surface area contributed by atoms with Crippen LogP contribution in [-0.4, -0.2) is 67.2 Å². The zero-order valence-corrected chi connectivity index (χ0v) is 16.2. The first-order valence-electron chi connectivity index (χ1n) is 10.0. The van der Waals surface area contributed by atoms with Crippen molar-refractivity contribution in [3.8, 4) is 0 Å². The Morgan fingerprint density at radius 2 is 2.04 bits per heavy atom. The molecule has 2 fully saturated rings. The summed E-state index contributed by atoms with van der Waals surface area (Å²) in [6.45, 7) is 10.4. The van der Waals surface area contributed by atoms with E-state index in [2.05, 4.69) is 53.2 Å². The van der Waals surface area contributed by atoms with E-state index < -0.39 is 0 Å². The number of amides is 1. The minimum absolute atomic E-state index is 0.141. The van der Waals surface area contributed by atoms with Crippen molar-refractivity contribution in [2.24, 2.45) is 5.92 Å². The third-order valence-corrected chi connectivity index (χ3v) is 5.61. The topological polar surface area (TPSA) is 44.8 Å². The average molecular weight is 360 g/mol. The summed E-state index contributed by atoms with van der Waals surface area (Å²) < 4.78 is 5.46. The van der Waals surface area contributed by atoms with E-state index in [1.165, 1.54) is 5.56 Å². The zero-order chi connectivity index (χ0) is 18.4. The van der Waals surface area contributed by atoms with E-state index in [0.29, 0.717) is 18.5 Å². The maximum atomic E-state index is 13.4. The molecule has 3 atom stereocenters. The van der Waals surface area contributed by atoms with Gasteiger partial charge in [0.1, 0.15) is 0 Å². The van der Waals surface area contributed by atoms with Gasteiger partial charge >= 0.3 is 0 Å². The molecule has 0 aliphatic carbocycles. The maximum absolute atomic E-state index is 13.4. The Labute approximate surface area is 157 Å². The van der Waals surface area contributed by atoms with Crippen molar-refractivity contribution in [3.63, 3.8) is 0 Å². The van der Waals surface area contributed by atoms with Crippen LogP contribution in [0.5, 0.6) is 0 Å². The smallest absolute Gasteiger partial charge is 0.226 e. The molecular weight excluding hydrogens is 326 g/mol. The normalized spacial score (nSPS) is 25.6. The number of nitrogens with one attached hydrogen (secondary N) is 1. The molecule has 144 valence electrons. The zero-order valence-electron chi connectivity index (χ0n) is 16.2. The second kappa shape index (κ2) is 9.49. The van der Waals surface area contributed by atoms with Crippen LogP contribution in [0.25, 0.3) is 0 Å². The molecule has 5 heteroatoms. The molecule has 0 spiro atoms. The lowest BCUT2D eigenvalue weighted by Gasteiger charge is -2.38. The summed E-state index contributed by atoms with van der Waals surface area (Å²) in [5.41, 5.74) is 1.21. The van der Waals surface area contributed by atoms with Gasteiger partial charge in [0.15, 0.2) is 0 Å². The van der Waals surface area contributed by atoms with Crippen LogP contribution >= 0.6 is 0 Å². The number of rotatable bonds is 6. The minimum atomic E-state index is 0.141. The molecule has 1 aromatic carbocycles. The molecule has 5 nitrogen and oxygen atoms in total. The lowest BCUT2D eigenvalue weighted by atomic mass is 9.91. The Morgan fingerprint density at radius 3 is 2.73 bits per heavy atom. The molecule has 3 rings (SSSR count). The number of benzene rings is 1. The summed E-state index contributed by atoms with van der Waals surface area (Å²) in [7, 11) is 0. The highest BCUT2D eigenvalue weighted by atomic mass is 16.5. The highest BCUT2D eigenvalue weighted by Crippen LogP contribution is 2.22. The van der Waals surface area contributed by atoms with E-state index in [1.54, 1.807) is 0 Å². The molecule has 0 saturated carbocycles. The lowest BCUT2D eigenvalue weighted by molar-refractivity contribution is -0.140. The summed E-state index contributed by atoms with van der Waals surface area (Å²) in [6, 6.07) is 11.0. The Hall–Kier alpha value is -1.43. The number of hydrogen-bond donors (Lipinski definition) is 1. The fourth-order valence-corrected chi connectivity index (χ4v) is 4.08. The van der Waals surface area contributed by atoms with Gasteiger partial charge in [-0.25, -0.2) is 0 Å². The predicted octanol–water partition coefficient (Wildman–Crippen LogP) is 2.12. The SMILES string of the molecule is CC(CN1CCOCC1)N(Cc1ccccc1)C(=O)[C@H]1CCN[C@@H](C)C1. The molecule has 0 radical (unpaired) electrons. The van der Waals surface area contributed by atoms with Crippen molar-refractivity contribution in [2.75, 3.05) is 39.4 Å². The number of nitrogens with zero attached hydrogens (tertiary/aromatic N) is 2. The number of piperidine rings is 1. The number of carbonyl (C=O) groups is 1. The van der Waals surface area contributed by atoms with Crippen molar-refractivity contribution in [1.29, 1.82) is 0 Å². The van der Waals surface area contributed by atoms with E-state index in [0.717, 1.165) is 52.2 Å². The van der Waals surface area contributed by atoms with Crippen LogP contribution in [0, 0.1) is 5.92 Å². The van der Waals surface area contributed by atoms with Gasteiger partial charge in [-0.3, -0.25) is 9.69 Å². The Morgan fingerprint density at radius 1 is 1.31 bits per heavy atom. The van der Waals surface area contributed by atoms with Crippen molar-refractivity contribution in [1.82, 2.24) is 15.1 Å². The number of ether oxygens (including phenoxy) is 1. The van der Waals surface area contributed by atoms with Gasteiger partial charge in [-0.2, -0.15) is 0 Å². The van der Waals surface area contributed by atoms with Crippen LogP contribution in [-0.2, 0) is 16.1 Å². The van der Waals surface area contributed by atoms with E-state index >= 15 is 0 Å². The fraction of sp³-hybridized carbons (Fsp3) is 0.667. The van der Waals surface area contributed by atoms with Gasteiger partial charge in [0.25, 0.3) is 0 Å². The van der Waals surface area contributed by atoms with Gasteiger partial charge in [-0.05, 0) is 38.8 Å². The van der Waals surface area contributed by atoms with Crippen molar-refractivity contribution in [2.45, 2.75) is 45.3 Å². The fourth-order valence-electron chi connectivity index (χ4n) is 4.08. The van der Waals surface area contributed by atoms with Crippen LogP contribution in [0.15, 0.2) is 30.3 Å². The van der Waals surface area contributed by atoms with E-state index in [1.807, 2.05) is 6.07 Å². The third-order valence-electron chi connectivity index (χ3n) is 5.61. The van der Waals surface area contributed by atoms with Gasteiger partial charge in [0, 0.05) is 44.2 Å². The molecule has 2 heterocycles. The van der Waals surface area contributed by atoms with E-state index in [9.17, 15) is 4.79 Å². The Kier molecular flexibility index (Phi) is 7.06. The number of hydrogen-bond acceptors (Lipinski definition) is 4. The summed E-state index contributed by atoms with van der Waals surface area (Å²) in [4.78, 5) is 17.9. The third kappa shape index (κ3) is 5.29. The van der Waals surface area contributed by atoms with Crippen molar-refractivity contribution < 1.29 is 9.53 Å². The highest BCUT2D eigenvalue weighted by molar-refractivity contribution is 5.79. The summed E-state index contributed by atoms with van der Waals surface area (Å²) in [6.07, 6.45) is 1.88. The van der Waals surface area contributed by atoms with Crippen molar-refractivity contribution >= 4 is 5.91 Å². The maximum Gasteiger partial charge on any atom is 0.226 e. The molecule has 2 saturated heterocycles. The molecule has 1 aromatic rings. The summed E-state index contributed by atoms with van der Waals surface area (Å²) in [5, 5.41) is 3.46. The molecule has 2 aliphatic rings. The number of carbonyl (C=O) groups excluding carboxylic acids is 1. The largest absolute Gasteiger partial charge is 0.379 e. The molecule has 1 unspecified atom stereocenters. The molecular formula is C21H33N3O2. The van der Waals surface area contributed by atoms with Crippen LogP contribution in [0.4, 0.5) is 0 Å². The van der Waals surface area contributed by atoms with Gasteiger partial charge in [0.2, 0.25) is 5.91 Å². The van der Waals surface area contributed by atoms with E-state index in [-0.39, 0.29) is 12.0 Å². The molecule has 1 N–H and O–H groups in total. The first-order valence-corrected chi connectivity index (χ1v) is 10.0. The van der Waals surface area contributed by atoms with Gasteiger partial charge in [-0.1, -0.05) is 30.3 Å². The minimum Gasteiger partial charge on any atom is -0.379 e. The van der Waals surface area contributed by atoms with Crippen LogP contribution in [0.3, 0.4) is 0 Å². The first-order chi connectivity index (χ1) is 12.6. The lowest BCUT2D eigenvalue weighted by Crippen LogP contribution is -2.51.